The third-order valence-corrected chi connectivity index (χ3v) is 7.52. The molecule has 0 unspecified atom stereocenters. The number of hydrogen-bond donors (Lipinski definition) is 1. The van der Waals surface area contributed by atoms with Gasteiger partial charge in [0.1, 0.15) is 11.5 Å². The molecule has 3 rings (SSSR count). The zero-order valence-corrected chi connectivity index (χ0v) is 17.1. The fourth-order valence-corrected chi connectivity index (χ4v) is 5.40. The van der Waals surface area contributed by atoms with Gasteiger partial charge in [0.15, 0.2) is 0 Å². The minimum Gasteiger partial charge on any atom is -0.508 e. The number of carbonyl (C=O) groups excluding carboxylic acids is 1. The van der Waals surface area contributed by atoms with Gasteiger partial charge in [-0.2, -0.15) is 0 Å². The monoisotopic (exact) mass is 357 g/mol. The molecule has 1 aromatic carbocycles. The second kappa shape index (κ2) is 6.99. The molecule has 3 atom stereocenters. The van der Waals surface area contributed by atoms with Gasteiger partial charge >= 0.3 is 0 Å². The van der Waals surface area contributed by atoms with E-state index in [4.69, 9.17) is 0 Å². The van der Waals surface area contributed by atoms with E-state index in [1.54, 1.807) is 0 Å². The van der Waals surface area contributed by atoms with Crippen LogP contribution in [0.2, 0.25) is 0 Å². The molecule has 1 fully saturated rings. The van der Waals surface area contributed by atoms with Crippen LogP contribution < -0.4 is 0 Å². The van der Waals surface area contributed by atoms with Gasteiger partial charge in [-0.1, -0.05) is 33.8 Å². The van der Waals surface area contributed by atoms with Crippen LogP contribution in [0.25, 0.3) is 0 Å². The average Bonchev–Trinajstić information content (AvgIpc) is 2.59. The maximum absolute atomic E-state index is 12.5. The van der Waals surface area contributed by atoms with E-state index in [1.807, 2.05) is 12.1 Å². The molecule has 1 aliphatic heterocycles. The predicted octanol–water partition coefficient (Wildman–Crippen LogP) is 4.70. The van der Waals surface area contributed by atoms with Crippen LogP contribution >= 0.6 is 0 Å². The zero-order valence-electron chi connectivity index (χ0n) is 17.1. The highest BCUT2D eigenvalue weighted by atomic mass is 16.3. The number of phenolic OH excluding ortho intramolecular Hbond substituents is 1. The molecule has 0 aromatic heterocycles. The fraction of sp³-hybridized carbons (Fsp3) is 0.696. The lowest BCUT2D eigenvalue weighted by atomic mass is 9.49. The van der Waals surface area contributed by atoms with E-state index in [0.717, 1.165) is 32.2 Å². The number of fused-ring (bicyclic) bond motifs is 4. The van der Waals surface area contributed by atoms with Gasteiger partial charge in [0.25, 0.3) is 0 Å². The van der Waals surface area contributed by atoms with Gasteiger partial charge in [-0.15, -0.1) is 0 Å². The summed E-state index contributed by atoms with van der Waals surface area (Å²) in [6, 6.07) is 6.35. The second-order valence-electron chi connectivity index (χ2n) is 9.51. The van der Waals surface area contributed by atoms with Gasteiger partial charge in [0.05, 0.1) is 0 Å². The van der Waals surface area contributed by atoms with Crippen LogP contribution in [0.5, 0.6) is 5.75 Å². The highest BCUT2D eigenvalue weighted by Gasteiger charge is 2.57. The molecule has 1 heterocycles. The Balaban J connectivity index is 1.88. The Hall–Kier alpha value is -1.35. The summed E-state index contributed by atoms with van der Waals surface area (Å²) in [6.45, 7) is 10.2. The van der Waals surface area contributed by atoms with Crippen LogP contribution in [0, 0.1) is 11.3 Å². The Morgan fingerprint density at radius 2 is 2.04 bits per heavy atom. The number of piperidine rings is 1. The van der Waals surface area contributed by atoms with Gasteiger partial charge in [-0.05, 0) is 73.9 Å². The normalized spacial score (nSPS) is 31.1. The molecular weight excluding hydrogens is 322 g/mol. The second-order valence-corrected chi connectivity index (χ2v) is 9.51. The lowest BCUT2D eigenvalue weighted by Crippen LogP contribution is -2.64. The molecule has 144 valence electrons. The Morgan fingerprint density at radius 3 is 2.73 bits per heavy atom. The van der Waals surface area contributed by atoms with Crippen molar-refractivity contribution in [1.29, 1.82) is 0 Å². The third-order valence-electron chi connectivity index (χ3n) is 7.52. The Labute approximate surface area is 158 Å². The van der Waals surface area contributed by atoms with E-state index in [0.29, 0.717) is 36.3 Å². The Morgan fingerprint density at radius 1 is 1.31 bits per heavy atom. The van der Waals surface area contributed by atoms with Crippen molar-refractivity contribution in [2.75, 3.05) is 13.6 Å². The number of likely N-dealkylation sites (N-methyl/N-ethyl adjacent to an activating group) is 1. The molecule has 0 saturated carbocycles. The minimum absolute atomic E-state index is 0.00876. The lowest BCUT2D eigenvalue weighted by molar-refractivity contribution is -0.121. The summed E-state index contributed by atoms with van der Waals surface area (Å²) in [5.41, 5.74) is 2.73. The van der Waals surface area contributed by atoms with E-state index < -0.39 is 0 Å². The van der Waals surface area contributed by atoms with Crippen molar-refractivity contribution in [3.63, 3.8) is 0 Å². The van der Waals surface area contributed by atoms with Crippen LogP contribution in [0.4, 0.5) is 0 Å². The van der Waals surface area contributed by atoms with Crippen molar-refractivity contribution in [3.8, 4) is 5.75 Å². The van der Waals surface area contributed by atoms with Gasteiger partial charge < -0.3 is 10.0 Å². The van der Waals surface area contributed by atoms with E-state index in [2.05, 4.69) is 45.7 Å². The number of Topliss-reactive ketones (excluding diaryl/α,β-unsaturated/α-hetero) is 1. The summed E-state index contributed by atoms with van der Waals surface area (Å²) >= 11 is 0. The smallest absolute Gasteiger partial charge is 0.132 e. The first kappa shape index (κ1) is 19.4. The molecule has 1 aromatic rings. The number of nitrogens with zero attached hydrogens (tertiary/aromatic N) is 1. The number of hydrogen-bond acceptors (Lipinski definition) is 3. The SMILES string of the molecule is CC(C)CCC(=O)CC[C@@]1(C)[C@H]2Cc3ccc(O)cc3[C@]1(C)CCN2C. The molecule has 26 heavy (non-hydrogen) atoms. The summed E-state index contributed by atoms with van der Waals surface area (Å²) in [4.78, 5) is 15.0. The molecule has 2 aliphatic rings. The average molecular weight is 358 g/mol. The number of likely N-dealkylation sites (tertiary alicyclic amines) is 1. The number of ketones is 1. The highest BCUT2D eigenvalue weighted by Crippen LogP contribution is 2.58. The van der Waals surface area contributed by atoms with Crippen molar-refractivity contribution in [2.24, 2.45) is 11.3 Å². The molecule has 1 saturated heterocycles. The van der Waals surface area contributed by atoms with Gasteiger partial charge in [-0.3, -0.25) is 4.79 Å². The standard InChI is InChI=1S/C23H35NO2/c1-16(2)6-8-18(25)10-11-23(4)21-14-17-7-9-19(26)15-20(17)22(23,3)12-13-24(21)5/h7,9,15-16,21,26H,6,8,10-14H2,1-5H3/t21-,22+,23+/m1/s1. The first-order valence-corrected chi connectivity index (χ1v) is 10.2. The molecule has 1 aliphatic carbocycles. The number of aromatic hydroxyl groups is 1. The van der Waals surface area contributed by atoms with E-state index in [9.17, 15) is 9.90 Å². The van der Waals surface area contributed by atoms with Crippen molar-refractivity contribution in [3.05, 3.63) is 29.3 Å². The number of benzene rings is 1. The number of phenols is 1. The van der Waals surface area contributed by atoms with Gasteiger partial charge in [0, 0.05) is 24.3 Å². The van der Waals surface area contributed by atoms with Gasteiger partial charge in [-0.25, -0.2) is 0 Å². The van der Waals surface area contributed by atoms with E-state index >= 15 is 0 Å². The summed E-state index contributed by atoms with van der Waals surface area (Å²) in [7, 11) is 2.23. The first-order valence-electron chi connectivity index (χ1n) is 10.2. The highest BCUT2D eigenvalue weighted by molar-refractivity contribution is 5.78. The molecule has 3 heteroatoms. The largest absolute Gasteiger partial charge is 0.508 e. The fourth-order valence-electron chi connectivity index (χ4n) is 5.40. The molecule has 0 spiro atoms. The molecule has 0 amide bonds. The van der Waals surface area contributed by atoms with E-state index in [-0.39, 0.29) is 10.8 Å². The topological polar surface area (TPSA) is 40.5 Å². The minimum atomic E-state index is 0.00876. The Bertz CT molecular complexity index is 683. The number of carbonyl (C=O) groups is 1. The Kier molecular flexibility index (Phi) is 5.22. The van der Waals surface area contributed by atoms with E-state index in [1.165, 1.54) is 11.1 Å². The molecule has 3 nitrogen and oxygen atoms in total. The van der Waals surface area contributed by atoms with Crippen LogP contribution in [0.3, 0.4) is 0 Å². The summed E-state index contributed by atoms with van der Waals surface area (Å²) in [5.74, 6) is 1.35. The maximum atomic E-state index is 12.5. The van der Waals surface area contributed by atoms with Crippen LogP contribution in [-0.2, 0) is 16.6 Å². The summed E-state index contributed by atoms with van der Waals surface area (Å²) < 4.78 is 0. The predicted molar refractivity (Wildman–Crippen MR) is 107 cm³/mol. The summed E-state index contributed by atoms with van der Waals surface area (Å²) in [5, 5.41) is 10.1. The summed E-state index contributed by atoms with van der Waals surface area (Å²) in [6.07, 6.45) is 5.41. The molecule has 0 radical (unpaired) electrons. The number of rotatable bonds is 6. The van der Waals surface area contributed by atoms with Gasteiger partial charge in [0.2, 0.25) is 0 Å². The van der Waals surface area contributed by atoms with Crippen molar-refractivity contribution in [1.82, 2.24) is 4.90 Å². The molecule has 1 N–H and O–H groups in total. The van der Waals surface area contributed by atoms with Crippen LogP contribution in [-0.4, -0.2) is 35.4 Å². The van der Waals surface area contributed by atoms with Crippen molar-refractivity contribution < 1.29 is 9.90 Å². The molecule has 2 bridgehead atoms. The van der Waals surface area contributed by atoms with Crippen molar-refractivity contribution in [2.45, 2.75) is 77.7 Å². The maximum Gasteiger partial charge on any atom is 0.132 e. The molecular formula is C23H35NO2. The quantitative estimate of drug-likeness (QED) is 0.802. The van der Waals surface area contributed by atoms with Crippen molar-refractivity contribution >= 4 is 5.78 Å². The first-order chi connectivity index (χ1) is 12.2. The third kappa shape index (κ3) is 3.19. The van der Waals surface area contributed by atoms with Crippen LogP contribution in [0.1, 0.15) is 70.9 Å². The zero-order chi connectivity index (χ0) is 19.1. The lowest BCUT2D eigenvalue weighted by Gasteiger charge is -2.62. The van der Waals surface area contributed by atoms with Crippen LogP contribution in [0.15, 0.2) is 18.2 Å².